The lowest BCUT2D eigenvalue weighted by molar-refractivity contribution is -0.111. The number of carbonyl (C=O) groups is 1. The number of H-pyrrole nitrogens is 1. The first-order chi connectivity index (χ1) is 11.0. The molecule has 120 valence electrons. The highest BCUT2D eigenvalue weighted by atomic mass is 16.5. The molecule has 0 spiro atoms. The van der Waals surface area contributed by atoms with Crippen molar-refractivity contribution in [1.82, 2.24) is 4.98 Å². The van der Waals surface area contributed by atoms with Crippen LogP contribution in [0.25, 0.3) is 6.08 Å². The van der Waals surface area contributed by atoms with Gasteiger partial charge in [-0.2, -0.15) is 0 Å². The van der Waals surface area contributed by atoms with Crippen LogP contribution in [0.1, 0.15) is 11.1 Å². The van der Waals surface area contributed by atoms with Crippen molar-refractivity contribution in [2.24, 2.45) is 0 Å². The molecule has 23 heavy (non-hydrogen) atoms. The Morgan fingerprint density at radius 2 is 1.78 bits per heavy atom. The van der Waals surface area contributed by atoms with Crippen LogP contribution in [-0.4, -0.2) is 25.1 Å². The second kappa shape index (κ2) is 7.31. The average Bonchev–Trinajstić information content (AvgIpc) is 2.55. The summed E-state index contributed by atoms with van der Waals surface area (Å²) in [6.45, 7) is 1.75. The van der Waals surface area contributed by atoms with Gasteiger partial charge in [0.25, 0.3) is 0 Å². The molecule has 0 aliphatic carbocycles. The van der Waals surface area contributed by atoms with E-state index in [9.17, 15) is 9.59 Å². The third-order valence-electron chi connectivity index (χ3n) is 3.19. The smallest absolute Gasteiger partial charge is 0.248 e. The maximum atomic E-state index is 12.0. The van der Waals surface area contributed by atoms with Crippen molar-refractivity contribution in [3.63, 3.8) is 0 Å². The van der Waals surface area contributed by atoms with Crippen LogP contribution in [0.4, 0.5) is 5.69 Å². The van der Waals surface area contributed by atoms with E-state index in [1.54, 1.807) is 45.4 Å². The molecule has 1 aromatic carbocycles. The zero-order valence-corrected chi connectivity index (χ0v) is 13.2. The van der Waals surface area contributed by atoms with Gasteiger partial charge in [-0.1, -0.05) is 0 Å². The van der Waals surface area contributed by atoms with Crippen molar-refractivity contribution in [2.75, 3.05) is 19.5 Å². The Morgan fingerprint density at radius 1 is 1.13 bits per heavy atom. The quantitative estimate of drug-likeness (QED) is 0.830. The number of ether oxygens (including phenoxy) is 2. The molecule has 1 amide bonds. The summed E-state index contributed by atoms with van der Waals surface area (Å²) < 4.78 is 10.4. The van der Waals surface area contributed by atoms with E-state index in [-0.39, 0.29) is 11.5 Å². The highest BCUT2D eigenvalue weighted by Gasteiger charge is 2.03. The zero-order chi connectivity index (χ0) is 16.8. The number of carbonyl (C=O) groups excluding carboxylic acids is 1. The van der Waals surface area contributed by atoms with Crippen LogP contribution < -0.4 is 20.3 Å². The van der Waals surface area contributed by atoms with Gasteiger partial charge >= 0.3 is 0 Å². The fraction of sp³-hybridized carbons (Fsp3) is 0.176. The molecule has 2 rings (SSSR count). The summed E-state index contributed by atoms with van der Waals surface area (Å²) in [6.07, 6.45) is 4.53. The number of hydrogen-bond acceptors (Lipinski definition) is 4. The Bertz CT molecular complexity index is 771. The summed E-state index contributed by atoms with van der Waals surface area (Å²) >= 11 is 0. The summed E-state index contributed by atoms with van der Waals surface area (Å²) in [5, 5.41) is 2.71. The molecule has 2 aromatic rings. The lowest BCUT2D eigenvalue weighted by Gasteiger charge is -2.06. The molecule has 0 saturated heterocycles. The highest BCUT2D eigenvalue weighted by Crippen LogP contribution is 2.23. The molecule has 1 heterocycles. The Labute approximate surface area is 133 Å². The monoisotopic (exact) mass is 314 g/mol. The molecule has 6 heteroatoms. The third-order valence-corrected chi connectivity index (χ3v) is 3.19. The highest BCUT2D eigenvalue weighted by molar-refractivity contribution is 6.02. The van der Waals surface area contributed by atoms with E-state index in [4.69, 9.17) is 9.47 Å². The fourth-order valence-corrected chi connectivity index (χ4v) is 1.98. The summed E-state index contributed by atoms with van der Waals surface area (Å²) in [6, 6.07) is 6.75. The van der Waals surface area contributed by atoms with E-state index in [0.717, 1.165) is 5.56 Å². The Hall–Kier alpha value is -3.02. The number of aromatic amines is 1. The number of pyridine rings is 1. The van der Waals surface area contributed by atoms with E-state index in [1.165, 1.54) is 18.3 Å². The first-order valence-corrected chi connectivity index (χ1v) is 6.93. The second-order valence-corrected chi connectivity index (χ2v) is 4.86. The average molecular weight is 314 g/mol. The van der Waals surface area contributed by atoms with Crippen LogP contribution in [0.3, 0.4) is 0 Å². The lowest BCUT2D eigenvalue weighted by Crippen LogP contribution is -2.12. The molecule has 6 nitrogen and oxygen atoms in total. The third kappa shape index (κ3) is 4.47. The number of anilines is 1. The first-order valence-electron chi connectivity index (χ1n) is 6.93. The van der Waals surface area contributed by atoms with Crippen molar-refractivity contribution in [3.8, 4) is 11.5 Å². The van der Waals surface area contributed by atoms with Crippen LogP contribution >= 0.6 is 0 Å². The maximum Gasteiger partial charge on any atom is 0.248 e. The van der Waals surface area contributed by atoms with Gasteiger partial charge in [-0.25, -0.2) is 0 Å². The van der Waals surface area contributed by atoms with Crippen LogP contribution in [0, 0.1) is 6.92 Å². The van der Waals surface area contributed by atoms with Gasteiger partial charge in [0, 0.05) is 24.4 Å². The first kappa shape index (κ1) is 16.4. The van der Waals surface area contributed by atoms with Crippen molar-refractivity contribution >= 4 is 17.7 Å². The molecule has 0 unspecified atom stereocenters. The molecule has 0 fully saturated rings. The fourth-order valence-electron chi connectivity index (χ4n) is 1.98. The normalized spacial score (nSPS) is 10.6. The Kier molecular flexibility index (Phi) is 5.19. The van der Waals surface area contributed by atoms with Crippen LogP contribution in [0.15, 0.2) is 41.3 Å². The summed E-state index contributed by atoms with van der Waals surface area (Å²) in [4.78, 5) is 25.7. The Morgan fingerprint density at radius 3 is 2.35 bits per heavy atom. The van der Waals surface area contributed by atoms with E-state index in [1.807, 2.05) is 0 Å². The van der Waals surface area contributed by atoms with Gasteiger partial charge in [-0.3, -0.25) is 9.59 Å². The molecule has 0 atom stereocenters. The van der Waals surface area contributed by atoms with Gasteiger partial charge in [-0.05, 0) is 36.3 Å². The zero-order valence-electron chi connectivity index (χ0n) is 13.2. The van der Waals surface area contributed by atoms with Gasteiger partial charge in [0.2, 0.25) is 11.5 Å². The molecule has 2 N–H and O–H groups in total. The molecule has 1 aromatic heterocycles. The van der Waals surface area contributed by atoms with Gasteiger partial charge in [-0.15, -0.1) is 0 Å². The number of amides is 1. The minimum Gasteiger partial charge on any atom is -0.497 e. The lowest BCUT2D eigenvalue weighted by atomic mass is 10.2. The van der Waals surface area contributed by atoms with Crippen molar-refractivity contribution in [2.45, 2.75) is 6.92 Å². The predicted molar refractivity (Wildman–Crippen MR) is 89.0 cm³/mol. The summed E-state index contributed by atoms with van der Waals surface area (Å²) in [5.74, 6) is 0.976. The molecule has 0 saturated carbocycles. The minimum absolute atomic E-state index is 0.209. The molecule has 0 aliphatic heterocycles. The standard InChI is InChI=1S/C17H18N2O4/c1-11-6-17(21)18-10-15(11)19-16(20)5-4-12-7-13(22-2)9-14(8-12)23-3/h4-10H,1-3H3,(H,18,21)(H,19,20)/b5-4+. The van der Waals surface area contributed by atoms with Gasteiger partial charge < -0.3 is 19.8 Å². The number of aromatic nitrogens is 1. The number of nitrogens with one attached hydrogen (secondary N) is 2. The number of benzene rings is 1. The molecule has 0 bridgehead atoms. The summed E-state index contributed by atoms with van der Waals surface area (Å²) in [5.41, 5.74) is 1.81. The van der Waals surface area contributed by atoms with Crippen LogP contribution in [0.5, 0.6) is 11.5 Å². The van der Waals surface area contributed by atoms with Crippen molar-refractivity contribution in [3.05, 3.63) is 58.0 Å². The number of hydrogen-bond donors (Lipinski definition) is 2. The van der Waals surface area contributed by atoms with E-state index >= 15 is 0 Å². The SMILES string of the molecule is COc1cc(/C=C/C(=O)Nc2c[nH]c(=O)cc2C)cc(OC)c1. The number of rotatable bonds is 5. The number of methoxy groups -OCH3 is 2. The summed E-state index contributed by atoms with van der Waals surface area (Å²) in [7, 11) is 3.13. The Balaban J connectivity index is 2.13. The van der Waals surface area contributed by atoms with Crippen LogP contribution in [-0.2, 0) is 4.79 Å². The van der Waals surface area contributed by atoms with Crippen molar-refractivity contribution in [1.29, 1.82) is 0 Å². The molecular weight excluding hydrogens is 296 g/mol. The van der Waals surface area contributed by atoms with E-state index in [0.29, 0.717) is 22.7 Å². The molecule has 0 radical (unpaired) electrons. The van der Waals surface area contributed by atoms with E-state index in [2.05, 4.69) is 10.3 Å². The molecular formula is C17H18N2O4. The molecule has 0 aliphatic rings. The predicted octanol–water partition coefficient (Wildman–Crippen LogP) is 2.35. The van der Waals surface area contributed by atoms with Crippen molar-refractivity contribution < 1.29 is 14.3 Å². The number of aryl methyl sites for hydroxylation is 1. The van der Waals surface area contributed by atoms with E-state index < -0.39 is 0 Å². The second-order valence-electron chi connectivity index (χ2n) is 4.86. The maximum absolute atomic E-state index is 12.0. The van der Waals surface area contributed by atoms with Gasteiger partial charge in [0.15, 0.2) is 0 Å². The van der Waals surface area contributed by atoms with Crippen LogP contribution in [0.2, 0.25) is 0 Å². The largest absolute Gasteiger partial charge is 0.497 e. The topological polar surface area (TPSA) is 80.4 Å². The minimum atomic E-state index is -0.304. The van der Waals surface area contributed by atoms with Gasteiger partial charge in [0.1, 0.15) is 11.5 Å². The van der Waals surface area contributed by atoms with Gasteiger partial charge in [0.05, 0.1) is 19.9 Å².